The zero-order valence-electron chi connectivity index (χ0n) is 16.0. The summed E-state index contributed by atoms with van der Waals surface area (Å²) in [5.74, 6) is 0.943. The third-order valence-corrected chi connectivity index (χ3v) is 4.09. The topological polar surface area (TPSA) is 108 Å². The predicted octanol–water partition coefficient (Wildman–Crippen LogP) is 3.26. The molecule has 0 fully saturated rings. The number of aromatic amines is 1. The van der Waals surface area contributed by atoms with Crippen molar-refractivity contribution in [2.45, 2.75) is 32.5 Å². The number of amides is 1. The maximum Gasteiger partial charge on any atom is 0.418 e. The van der Waals surface area contributed by atoms with Gasteiger partial charge < -0.3 is 21.1 Å². The Labute approximate surface area is 166 Å². The number of halogens is 3. The van der Waals surface area contributed by atoms with Crippen molar-refractivity contribution in [2.75, 3.05) is 18.6 Å². The molecule has 6 nitrogen and oxygen atoms in total. The molecule has 1 aromatic carbocycles. The van der Waals surface area contributed by atoms with Crippen LogP contribution < -0.4 is 11.1 Å². The molecule has 0 spiro atoms. The fourth-order valence-corrected chi connectivity index (χ4v) is 2.33. The summed E-state index contributed by atoms with van der Waals surface area (Å²) >= 11 is 1.86. The number of carbonyl (C=O) groups excluding carboxylic acids is 1. The number of rotatable bonds is 5. The fourth-order valence-electron chi connectivity index (χ4n) is 2.33. The lowest BCUT2D eigenvalue weighted by molar-refractivity contribution is -0.136. The molecule has 0 aliphatic rings. The zero-order chi connectivity index (χ0) is 21.7. The maximum atomic E-state index is 12.9. The van der Waals surface area contributed by atoms with Crippen LogP contribution in [0.4, 0.5) is 13.2 Å². The first-order valence-electron chi connectivity index (χ1n) is 8.38. The molecule has 0 saturated carbocycles. The highest BCUT2D eigenvalue weighted by molar-refractivity contribution is 7.98. The van der Waals surface area contributed by atoms with Crippen molar-refractivity contribution in [1.82, 2.24) is 10.3 Å². The molecule has 5 N–H and O–H groups in total. The molecule has 1 aromatic heterocycles. The van der Waals surface area contributed by atoms with Crippen LogP contribution in [0, 0.1) is 0 Å². The third kappa shape index (κ3) is 8.66. The normalized spacial score (nSPS) is 11.5. The van der Waals surface area contributed by atoms with E-state index in [4.69, 9.17) is 15.6 Å². The molecular formula is C18H26F3N3O3S. The molecule has 2 rings (SSSR count). The molecule has 1 atom stereocenters. The summed E-state index contributed by atoms with van der Waals surface area (Å²) in [4.78, 5) is 22.2. The Morgan fingerprint density at radius 2 is 2.00 bits per heavy atom. The van der Waals surface area contributed by atoms with Gasteiger partial charge in [0, 0.05) is 17.6 Å². The number of fused-ring (bicyclic) bond motifs is 1. The van der Waals surface area contributed by atoms with Gasteiger partial charge in [0.15, 0.2) is 0 Å². The quantitative estimate of drug-likeness (QED) is 0.554. The van der Waals surface area contributed by atoms with Gasteiger partial charge in [-0.1, -0.05) is 19.1 Å². The monoisotopic (exact) mass is 421 g/mol. The summed E-state index contributed by atoms with van der Waals surface area (Å²) in [6, 6.07) is 3.84. The number of hydrogen-bond acceptors (Lipinski definition) is 4. The first-order chi connectivity index (χ1) is 13.2. The molecule has 2 aromatic rings. The minimum absolute atomic E-state index is 0.0670. The predicted molar refractivity (Wildman–Crippen MR) is 106 cm³/mol. The number of benzene rings is 1. The van der Waals surface area contributed by atoms with Crippen LogP contribution in [0.25, 0.3) is 10.9 Å². The van der Waals surface area contributed by atoms with Crippen molar-refractivity contribution in [2.24, 2.45) is 5.73 Å². The van der Waals surface area contributed by atoms with Crippen molar-refractivity contribution >= 4 is 35.0 Å². The smallest absolute Gasteiger partial charge is 0.418 e. The molecule has 0 aliphatic heterocycles. The summed E-state index contributed by atoms with van der Waals surface area (Å²) in [5.41, 5.74) is 5.31. The van der Waals surface area contributed by atoms with Crippen LogP contribution in [0.15, 0.2) is 24.4 Å². The van der Waals surface area contributed by atoms with E-state index >= 15 is 0 Å². The summed E-state index contributed by atoms with van der Waals surface area (Å²) in [6.45, 7) is 3.56. The Morgan fingerprint density at radius 1 is 1.43 bits per heavy atom. The van der Waals surface area contributed by atoms with E-state index < -0.39 is 11.7 Å². The Morgan fingerprint density at radius 3 is 2.46 bits per heavy atom. The van der Waals surface area contributed by atoms with Crippen molar-refractivity contribution < 1.29 is 27.9 Å². The lowest BCUT2D eigenvalue weighted by Crippen LogP contribution is -2.38. The van der Waals surface area contributed by atoms with Crippen LogP contribution in [0.5, 0.6) is 0 Å². The second-order valence-electron chi connectivity index (χ2n) is 5.60. The molecule has 0 aliphatic carbocycles. The van der Waals surface area contributed by atoms with Crippen LogP contribution >= 0.6 is 11.8 Å². The fraction of sp³-hybridized carbons (Fsp3) is 0.444. The van der Waals surface area contributed by atoms with Crippen LogP contribution in [0.1, 0.15) is 25.0 Å². The van der Waals surface area contributed by atoms with Gasteiger partial charge >= 0.3 is 6.18 Å². The number of carbonyl (C=O) groups is 2. The number of nitrogens with one attached hydrogen (secondary N) is 2. The summed E-state index contributed by atoms with van der Waals surface area (Å²) < 4.78 is 38.7. The molecule has 158 valence electrons. The van der Waals surface area contributed by atoms with E-state index in [9.17, 15) is 18.0 Å². The molecule has 1 unspecified atom stereocenters. The van der Waals surface area contributed by atoms with Gasteiger partial charge in [-0.25, -0.2) is 0 Å². The second kappa shape index (κ2) is 13.1. The van der Waals surface area contributed by atoms with E-state index in [0.717, 1.165) is 11.6 Å². The van der Waals surface area contributed by atoms with Crippen molar-refractivity contribution in [3.8, 4) is 0 Å². The summed E-state index contributed by atoms with van der Waals surface area (Å²) in [7, 11) is 0. The van der Waals surface area contributed by atoms with Gasteiger partial charge in [0.05, 0.1) is 17.6 Å². The number of aromatic nitrogens is 1. The highest BCUT2D eigenvalue weighted by Gasteiger charge is 2.33. The average Bonchev–Trinajstić information content (AvgIpc) is 3.04. The third-order valence-electron chi connectivity index (χ3n) is 3.51. The molecule has 1 heterocycles. The van der Waals surface area contributed by atoms with Gasteiger partial charge in [0.1, 0.15) is 0 Å². The van der Waals surface area contributed by atoms with Crippen molar-refractivity contribution in [3.63, 3.8) is 0 Å². The summed E-state index contributed by atoms with van der Waals surface area (Å²) in [6.07, 6.45) is -0.334. The average molecular weight is 421 g/mol. The van der Waals surface area contributed by atoms with E-state index in [1.165, 1.54) is 11.8 Å². The van der Waals surface area contributed by atoms with Gasteiger partial charge in [0.25, 0.3) is 6.47 Å². The van der Waals surface area contributed by atoms with Crippen LogP contribution in [-0.2, 0) is 22.2 Å². The Bertz CT molecular complexity index is 734. The van der Waals surface area contributed by atoms with Gasteiger partial charge in [-0.2, -0.15) is 24.9 Å². The Balaban J connectivity index is 0.000000904. The number of nitrogens with two attached hydrogens (primary N) is 1. The lowest BCUT2D eigenvalue weighted by Gasteiger charge is -2.13. The van der Waals surface area contributed by atoms with Gasteiger partial charge in [0.2, 0.25) is 5.91 Å². The zero-order valence-corrected chi connectivity index (χ0v) is 16.8. The lowest BCUT2D eigenvalue weighted by atomic mass is 10.0. The van der Waals surface area contributed by atoms with E-state index in [1.54, 1.807) is 19.2 Å². The minimum Gasteiger partial charge on any atom is -0.483 e. The van der Waals surface area contributed by atoms with Gasteiger partial charge in [-0.05, 0) is 37.0 Å². The van der Waals surface area contributed by atoms with Crippen LogP contribution in [0.2, 0.25) is 0 Å². The van der Waals surface area contributed by atoms with Crippen LogP contribution in [0.3, 0.4) is 0 Å². The number of para-hydroxylation sites is 1. The van der Waals surface area contributed by atoms with E-state index in [-0.39, 0.29) is 30.5 Å². The number of hydrogen-bond donors (Lipinski definition) is 4. The molecule has 0 bridgehead atoms. The largest absolute Gasteiger partial charge is 0.483 e. The molecule has 0 radical (unpaired) electrons. The van der Waals surface area contributed by atoms with E-state index in [0.29, 0.717) is 11.8 Å². The van der Waals surface area contributed by atoms with E-state index in [2.05, 4.69) is 23.5 Å². The maximum absolute atomic E-state index is 12.9. The number of H-pyrrole nitrogens is 1. The second-order valence-corrected chi connectivity index (χ2v) is 6.75. The number of alkyl halides is 3. The molecule has 0 saturated heterocycles. The standard InChI is InChI=1S/C14H16F3N3O.C3H8S.CH2O2/c1-8(20-12(21)6-18)5-9-7-19-13-10(9)3-2-4-11(13)14(15,16)17;1-3-4-2;2-1-3/h2-4,7-8,19H,5-6,18H2,1H3,(H,20,21);3H2,1-2H3;1H,(H,2,3). The molecule has 1 amide bonds. The molecule has 28 heavy (non-hydrogen) atoms. The number of thioether (sulfide) groups is 1. The Kier molecular flexibility index (Phi) is 12.0. The van der Waals surface area contributed by atoms with E-state index in [1.807, 2.05) is 11.8 Å². The van der Waals surface area contributed by atoms with Gasteiger partial charge in [-0.3, -0.25) is 9.59 Å². The highest BCUT2D eigenvalue weighted by atomic mass is 32.2. The number of carboxylic acid groups (broad SMARTS) is 1. The minimum atomic E-state index is -4.40. The van der Waals surface area contributed by atoms with Crippen molar-refractivity contribution in [3.05, 3.63) is 35.5 Å². The molecular weight excluding hydrogens is 395 g/mol. The van der Waals surface area contributed by atoms with Crippen molar-refractivity contribution in [1.29, 1.82) is 0 Å². The summed E-state index contributed by atoms with van der Waals surface area (Å²) in [5, 5.41) is 10.1. The first kappa shape index (κ1) is 25.8. The highest BCUT2D eigenvalue weighted by Crippen LogP contribution is 2.35. The first-order valence-corrected chi connectivity index (χ1v) is 9.77. The SMILES string of the molecule is CC(Cc1c[nH]c2c(C(F)(F)F)cccc12)NC(=O)CN.CCSC.O=CO. The molecule has 10 heteroatoms. The Hall–Kier alpha value is -2.20. The van der Waals surface area contributed by atoms with Gasteiger partial charge in [-0.15, -0.1) is 0 Å². The van der Waals surface area contributed by atoms with Crippen LogP contribution in [-0.4, -0.2) is 47.1 Å².